The van der Waals surface area contributed by atoms with Crippen molar-refractivity contribution in [2.75, 3.05) is 0 Å². The molecule has 1 aromatic carbocycles. The number of nitrogens with zero attached hydrogens (tertiary/aromatic N) is 1. The van der Waals surface area contributed by atoms with Crippen LogP contribution in [0.25, 0.3) is 0 Å². The number of rotatable bonds is 9. The molecule has 0 radical (unpaired) electrons. The van der Waals surface area contributed by atoms with E-state index < -0.39 is 29.3 Å². The Morgan fingerprint density at radius 2 is 1.96 bits per heavy atom. The lowest BCUT2D eigenvalue weighted by Gasteiger charge is -2.14. The van der Waals surface area contributed by atoms with Gasteiger partial charge in [0.15, 0.2) is 17.4 Å². The molecule has 0 bridgehead atoms. The van der Waals surface area contributed by atoms with Gasteiger partial charge in [0.2, 0.25) is 0 Å². The van der Waals surface area contributed by atoms with Gasteiger partial charge < -0.3 is 9.84 Å². The van der Waals surface area contributed by atoms with E-state index in [-0.39, 0.29) is 18.6 Å². The molecule has 4 nitrogen and oxygen atoms in total. The molecule has 0 aliphatic carbocycles. The van der Waals surface area contributed by atoms with E-state index >= 15 is 0 Å². The first kappa shape index (κ1) is 21.2. The fourth-order valence-corrected chi connectivity index (χ4v) is 3.32. The average Bonchev–Trinajstić information content (AvgIpc) is 2.62. The van der Waals surface area contributed by atoms with Crippen LogP contribution in [0.1, 0.15) is 38.3 Å². The molecule has 2 aromatic rings. The number of pyridine rings is 1. The topological polar surface area (TPSA) is 59.4 Å². The second kappa shape index (κ2) is 9.69. The van der Waals surface area contributed by atoms with Crippen LogP contribution < -0.4 is 4.74 Å². The monoisotopic (exact) mass is 395 g/mol. The highest BCUT2D eigenvalue weighted by molar-refractivity contribution is 7.99. The number of ether oxygens (including phenoxy) is 1. The number of aromatic nitrogens is 1. The maximum Gasteiger partial charge on any atom is 0.306 e. The summed E-state index contributed by atoms with van der Waals surface area (Å²) in [5, 5.41) is 10.1. The summed E-state index contributed by atoms with van der Waals surface area (Å²) in [5.74, 6) is -3.90. The summed E-state index contributed by atoms with van der Waals surface area (Å²) < 4.78 is 34.0. The summed E-state index contributed by atoms with van der Waals surface area (Å²) in [6.45, 7) is 5.64. The van der Waals surface area contributed by atoms with Crippen LogP contribution in [0, 0.1) is 17.6 Å². The Bertz CT molecular complexity index is 778. The van der Waals surface area contributed by atoms with E-state index in [0.29, 0.717) is 5.25 Å². The summed E-state index contributed by atoms with van der Waals surface area (Å²) in [6.07, 6.45) is 2.69. The number of carbonyl (C=O) groups is 1. The standard InChI is InChI=1S/C20H23F2NO3S/c1-4-13(3)27-19-15(6-5-7-23-19)11-26-18-16(21)9-14(10-17(18)22)8-12(2)20(24)25/h5-7,9-10,12-13H,4,8,11H2,1-3H3,(H,24,25). The van der Waals surface area contributed by atoms with Crippen LogP contribution in [-0.2, 0) is 17.8 Å². The zero-order chi connectivity index (χ0) is 20.0. The van der Waals surface area contributed by atoms with E-state index in [9.17, 15) is 13.6 Å². The van der Waals surface area contributed by atoms with Crippen molar-refractivity contribution in [3.63, 3.8) is 0 Å². The highest BCUT2D eigenvalue weighted by Gasteiger charge is 2.18. The molecule has 0 aliphatic heterocycles. The molecule has 0 amide bonds. The normalized spacial score (nSPS) is 13.2. The molecule has 2 atom stereocenters. The van der Waals surface area contributed by atoms with Gasteiger partial charge in [-0.25, -0.2) is 13.8 Å². The minimum Gasteiger partial charge on any atom is -0.483 e. The highest BCUT2D eigenvalue weighted by Crippen LogP contribution is 2.29. The van der Waals surface area contributed by atoms with Crippen molar-refractivity contribution in [3.05, 3.63) is 53.2 Å². The van der Waals surface area contributed by atoms with Crippen LogP contribution >= 0.6 is 11.8 Å². The number of benzene rings is 1. The number of halogens is 2. The zero-order valence-corrected chi connectivity index (χ0v) is 16.4. The Balaban J connectivity index is 2.14. The molecular weight excluding hydrogens is 372 g/mol. The fraction of sp³-hybridized carbons (Fsp3) is 0.400. The molecule has 146 valence electrons. The smallest absolute Gasteiger partial charge is 0.306 e. The Hall–Kier alpha value is -2.15. The number of aliphatic carboxylic acids is 1. The average molecular weight is 395 g/mol. The van der Waals surface area contributed by atoms with Crippen molar-refractivity contribution in [1.29, 1.82) is 0 Å². The quantitative estimate of drug-likeness (QED) is 0.599. The number of hydrogen-bond donors (Lipinski definition) is 1. The van der Waals surface area contributed by atoms with E-state index in [1.165, 1.54) is 6.92 Å². The van der Waals surface area contributed by atoms with Crippen LogP contribution in [0.2, 0.25) is 0 Å². The SMILES string of the molecule is CCC(C)Sc1ncccc1COc1c(F)cc(CC(C)C(=O)O)cc1F. The van der Waals surface area contributed by atoms with Gasteiger partial charge in [-0.15, -0.1) is 11.8 Å². The van der Waals surface area contributed by atoms with Gasteiger partial charge in [-0.1, -0.05) is 26.8 Å². The van der Waals surface area contributed by atoms with Crippen LogP contribution in [0.3, 0.4) is 0 Å². The van der Waals surface area contributed by atoms with Crippen molar-refractivity contribution >= 4 is 17.7 Å². The third-order valence-corrected chi connectivity index (χ3v) is 5.46. The third-order valence-electron chi connectivity index (χ3n) is 4.13. The molecule has 0 aliphatic rings. The summed E-state index contributed by atoms with van der Waals surface area (Å²) in [5.41, 5.74) is 1.03. The molecule has 1 aromatic heterocycles. The van der Waals surface area contributed by atoms with Gasteiger partial charge in [-0.3, -0.25) is 4.79 Å². The predicted octanol–water partition coefficient (Wildman–Crippen LogP) is 5.09. The van der Waals surface area contributed by atoms with Crippen molar-refractivity contribution < 1.29 is 23.4 Å². The Morgan fingerprint density at radius 3 is 2.56 bits per heavy atom. The van der Waals surface area contributed by atoms with Crippen LogP contribution in [0.4, 0.5) is 8.78 Å². The molecule has 2 rings (SSSR count). The molecule has 0 spiro atoms. The molecule has 0 saturated heterocycles. The van der Waals surface area contributed by atoms with Gasteiger partial charge >= 0.3 is 5.97 Å². The Morgan fingerprint density at radius 1 is 1.30 bits per heavy atom. The summed E-state index contributed by atoms with van der Waals surface area (Å²) >= 11 is 1.59. The maximum absolute atomic E-state index is 14.3. The second-order valence-electron chi connectivity index (χ2n) is 6.43. The van der Waals surface area contributed by atoms with Crippen molar-refractivity contribution in [2.45, 2.75) is 50.5 Å². The molecule has 27 heavy (non-hydrogen) atoms. The highest BCUT2D eigenvalue weighted by atomic mass is 32.2. The lowest BCUT2D eigenvalue weighted by molar-refractivity contribution is -0.141. The number of carboxylic acid groups (broad SMARTS) is 1. The maximum atomic E-state index is 14.3. The Labute approximate surface area is 162 Å². The third kappa shape index (κ3) is 5.92. The van der Waals surface area contributed by atoms with Gasteiger partial charge in [0.1, 0.15) is 11.6 Å². The predicted molar refractivity (Wildman–Crippen MR) is 101 cm³/mol. The minimum atomic E-state index is -1.01. The summed E-state index contributed by atoms with van der Waals surface area (Å²) in [4.78, 5) is 15.2. The van der Waals surface area contributed by atoms with Gasteiger partial charge in [0, 0.05) is 17.0 Å². The van der Waals surface area contributed by atoms with Crippen molar-refractivity contribution in [3.8, 4) is 5.75 Å². The first-order chi connectivity index (χ1) is 12.8. The van der Waals surface area contributed by atoms with Crippen molar-refractivity contribution in [2.24, 2.45) is 5.92 Å². The van der Waals surface area contributed by atoms with Gasteiger partial charge in [-0.05, 0) is 36.6 Å². The fourth-order valence-electron chi connectivity index (χ4n) is 2.37. The first-order valence-electron chi connectivity index (χ1n) is 8.75. The molecule has 1 heterocycles. The van der Waals surface area contributed by atoms with Crippen LogP contribution in [0.5, 0.6) is 5.75 Å². The van der Waals surface area contributed by atoms with E-state index in [1.807, 2.05) is 6.07 Å². The molecule has 2 unspecified atom stereocenters. The number of carboxylic acids is 1. The Kier molecular flexibility index (Phi) is 7.59. The van der Waals surface area contributed by atoms with Crippen molar-refractivity contribution in [1.82, 2.24) is 4.98 Å². The van der Waals surface area contributed by atoms with E-state index in [0.717, 1.165) is 29.1 Å². The lowest BCUT2D eigenvalue weighted by Crippen LogP contribution is -2.13. The first-order valence-corrected chi connectivity index (χ1v) is 9.63. The summed E-state index contributed by atoms with van der Waals surface area (Å²) in [6, 6.07) is 5.81. The number of thioether (sulfide) groups is 1. The molecule has 7 heteroatoms. The molecule has 1 N–H and O–H groups in total. The van der Waals surface area contributed by atoms with E-state index in [2.05, 4.69) is 18.8 Å². The second-order valence-corrected chi connectivity index (χ2v) is 7.85. The van der Waals surface area contributed by atoms with E-state index in [1.54, 1.807) is 24.0 Å². The van der Waals surface area contributed by atoms with Crippen LogP contribution in [-0.4, -0.2) is 21.3 Å². The lowest BCUT2D eigenvalue weighted by atomic mass is 10.0. The van der Waals surface area contributed by atoms with E-state index in [4.69, 9.17) is 9.84 Å². The number of hydrogen-bond acceptors (Lipinski definition) is 4. The molecule has 0 fully saturated rings. The molecule has 0 saturated carbocycles. The largest absolute Gasteiger partial charge is 0.483 e. The molecular formula is C20H23F2NO3S. The van der Waals surface area contributed by atoms with Gasteiger partial charge in [0.25, 0.3) is 0 Å². The zero-order valence-electron chi connectivity index (χ0n) is 15.5. The van der Waals surface area contributed by atoms with Gasteiger partial charge in [-0.2, -0.15) is 0 Å². The van der Waals surface area contributed by atoms with Gasteiger partial charge in [0.05, 0.1) is 5.92 Å². The minimum absolute atomic E-state index is 0.00861. The van der Waals surface area contributed by atoms with Crippen LogP contribution in [0.15, 0.2) is 35.5 Å². The summed E-state index contributed by atoms with van der Waals surface area (Å²) in [7, 11) is 0.